The van der Waals surface area contributed by atoms with Crippen molar-refractivity contribution in [3.05, 3.63) is 47.5 Å². The number of rotatable bonds is 0. The Kier molecular flexibility index (Phi) is 1.54. The van der Waals surface area contributed by atoms with Gasteiger partial charge in [-0.25, -0.2) is 0 Å². The van der Waals surface area contributed by atoms with Crippen molar-refractivity contribution in [2.24, 2.45) is 0 Å². The van der Waals surface area contributed by atoms with Gasteiger partial charge in [0.15, 0.2) is 0 Å². The lowest BCUT2D eigenvalue weighted by Gasteiger charge is -2.07. The highest BCUT2D eigenvalue weighted by atomic mass is 14.6. The second kappa shape index (κ2) is 2.76. The first kappa shape index (κ1) is 8.36. The van der Waals surface area contributed by atoms with Gasteiger partial charge in [-0.05, 0) is 28.8 Å². The van der Waals surface area contributed by atoms with Crippen LogP contribution in [0.4, 0.5) is 11.4 Å². The number of benzene rings is 2. The van der Waals surface area contributed by atoms with Crippen LogP contribution in [-0.4, -0.2) is 0 Å². The molecule has 2 heteroatoms. The van der Waals surface area contributed by atoms with Crippen molar-refractivity contribution in [1.29, 1.82) is 0 Å². The average molecular weight is 196 g/mol. The molecule has 3 rings (SSSR count). The predicted molar refractivity (Wildman–Crippen MR) is 63.5 cm³/mol. The molecule has 0 saturated carbocycles. The Morgan fingerprint density at radius 3 is 2.47 bits per heavy atom. The highest BCUT2D eigenvalue weighted by molar-refractivity contribution is 5.89. The van der Waals surface area contributed by atoms with Gasteiger partial charge in [0.1, 0.15) is 0 Å². The summed E-state index contributed by atoms with van der Waals surface area (Å²) >= 11 is 0. The molecule has 0 amide bonds. The minimum absolute atomic E-state index is 0.823. The summed E-state index contributed by atoms with van der Waals surface area (Å²) in [6.45, 7) is 0. The van der Waals surface area contributed by atoms with Gasteiger partial charge in [0.2, 0.25) is 0 Å². The minimum Gasteiger partial charge on any atom is -0.398 e. The molecule has 74 valence electrons. The summed E-state index contributed by atoms with van der Waals surface area (Å²) < 4.78 is 0. The maximum Gasteiger partial charge on any atom is 0.0398 e. The summed E-state index contributed by atoms with van der Waals surface area (Å²) in [4.78, 5) is 0. The first-order valence-electron chi connectivity index (χ1n) is 5.02. The fourth-order valence-electron chi connectivity index (χ4n) is 2.30. The van der Waals surface area contributed by atoms with Crippen molar-refractivity contribution >= 4 is 11.4 Å². The molecule has 0 unspecified atom stereocenters. The molecule has 0 atom stereocenters. The summed E-state index contributed by atoms with van der Waals surface area (Å²) in [6, 6.07) is 12.1. The maximum atomic E-state index is 6.00. The zero-order chi connectivity index (χ0) is 10.4. The zero-order valence-corrected chi connectivity index (χ0v) is 8.33. The van der Waals surface area contributed by atoms with Gasteiger partial charge in [-0.3, -0.25) is 0 Å². The van der Waals surface area contributed by atoms with Crippen LogP contribution in [-0.2, 0) is 6.42 Å². The normalized spacial score (nSPS) is 12.3. The van der Waals surface area contributed by atoms with E-state index < -0.39 is 0 Å². The van der Waals surface area contributed by atoms with Crippen molar-refractivity contribution in [2.45, 2.75) is 6.42 Å². The monoisotopic (exact) mass is 196 g/mol. The van der Waals surface area contributed by atoms with E-state index >= 15 is 0 Å². The van der Waals surface area contributed by atoms with Crippen LogP contribution in [0, 0.1) is 0 Å². The van der Waals surface area contributed by atoms with Crippen LogP contribution in [0.3, 0.4) is 0 Å². The van der Waals surface area contributed by atoms with E-state index in [0.29, 0.717) is 0 Å². The van der Waals surface area contributed by atoms with Gasteiger partial charge in [-0.15, -0.1) is 0 Å². The summed E-state index contributed by atoms with van der Waals surface area (Å²) in [5.74, 6) is 0. The van der Waals surface area contributed by atoms with Gasteiger partial charge in [0.25, 0.3) is 0 Å². The summed E-state index contributed by atoms with van der Waals surface area (Å²) in [7, 11) is 0. The lowest BCUT2D eigenvalue weighted by molar-refractivity contribution is 1.27. The molecular weight excluding hydrogens is 184 g/mol. The van der Waals surface area contributed by atoms with Crippen molar-refractivity contribution in [1.82, 2.24) is 0 Å². The highest BCUT2D eigenvalue weighted by Gasteiger charge is 2.21. The van der Waals surface area contributed by atoms with Crippen LogP contribution < -0.4 is 11.5 Å². The lowest BCUT2D eigenvalue weighted by Crippen LogP contribution is -1.96. The van der Waals surface area contributed by atoms with E-state index in [1.54, 1.807) is 0 Å². The van der Waals surface area contributed by atoms with E-state index in [-0.39, 0.29) is 0 Å². The molecule has 1 aliphatic carbocycles. The first-order valence-corrected chi connectivity index (χ1v) is 5.02. The van der Waals surface area contributed by atoms with Crippen LogP contribution >= 0.6 is 0 Å². The Hall–Kier alpha value is -1.96. The van der Waals surface area contributed by atoms with E-state index in [1.165, 1.54) is 16.7 Å². The van der Waals surface area contributed by atoms with Crippen LogP contribution in [0.5, 0.6) is 0 Å². The smallest absolute Gasteiger partial charge is 0.0398 e. The van der Waals surface area contributed by atoms with Gasteiger partial charge in [0, 0.05) is 23.4 Å². The summed E-state index contributed by atoms with van der Waals surface area (Å²) in [6.07, 6.45) is 0.905. The SMILES string of the molecule is Nc1ccc(N)c2c1Cc1ccccc1-2. The van der Waals surface area contributed by atoms with Gasteiger partial charge < -0.3 is 11.5 Å². The maximum absolute atomic E-state index is 6.00. The molecule has 0 radical (unpaired) electrons. The minimum atomic E-state index is 0.823. The number of nitrogens with two attached hydrogens (primary N) is 2. The fraction of sp³-hybridized carbons (Fsp3) is 0.0769. The standard InChI is InChI=1S/C13H12N2/c14-11-5-6-12(15)13-9-4-2-1-3-8(9)7-10(11)13/h1-6H,7,14-15H2. The van der Waals surface area contributed by atoms with Gasteiger partial charge in [-0.2, -0.15) is 0 Å². The lowest BCUT2D eigenvalue weighted by atomic mass is 10.0. The fourth-order valence-corrected chi connectivity index (χ4v) is 2.30. The topological polar surface area (TPSA) is 52.0 Å². The largest absolute Gasteiger partial charge is 0.398 e. The predicted octanol–water partition coefficient (Wildman–Crippen LogP) is 2.42. The van der Waals surface area contributed by atoms with E-state index in [0.717, 1.165) is 23.4 Å². The molecule has 0 spiro atoms. The first-order chi connectivity index (χ1) is 7.27. The van der Waals surface area contributed by atoms with Crippen molar-refractivity contribution in [3.8, 4) is 11.1 Å². The molecule has 2 aromatic carbocycles. The van der Waals surface area contributed by atoms with Crippen molar-refractivity contribution in [3.63, 3.8) is 0 Å². The molecule has 2 nitrogen and oxygen atoms in total. The highest BCUT2D eigenvalue weighted by Crippen LogP contribution is 2.42. The molecule has 15 heavy (non-hydrogen) atoms. The number of hydrogen-bond acceptors (Lipinski definition) is 2. The molecule has 0 aromatic heterocycles. The van der Waals surface area contributed by atoms with E-state index in [4.69, 9.17) is 11.5 Å². The van der Waals surface area contributed by atoms with Crippen LogP contribution in [0.25, 0.3) is 11.1 Å². The van der Waals surface area contributed by atoms with Crippen molar-refractivity contribution < 1.29 is 0 Å². The Labute approximate surface area is 88.5 Å². The van der Waals surface area contributed by atoms with Crippen LogP contribution in [0.1, 0.15) is 11.1 Å². The van der Waals surface area contributed by atoms with Gasteiger partial charge in [-0.1, -0.05) is 24.3 Å². The molecule has 1 aliphatic rings. The van der Waals surface area contributed by atoms with Crippen LogP contribution in [0.2, 0.25) is 0 Å². The number of fused-ring (bicyclic) bond motifs is 3. The molecule has 0 fully saturated rings. The Morgan fingerprint density at radius 1 is 0.867 bits per heavy atom. The van der Waals surface area contributed by atoms with Crippen molar-refractivity contribution in [2.75, 3.05) is 11.5 Å². The van der Waals surface area contributed by atoms with E-state index in [2.05, 4.69) is 18.2 Å². The van der Waals surface area contributed by atoms with Gasteiger partial charge >= 0.3 is 0 Å². The summed E-state index contributed by atoms with van der Waals surface area (Å²) in [5.41, 5.74) is 18.5. The third-order valence-corrected chi connectivity index (χ3v) is 3.04. The summed E-state index contributed by atoms with van der Waals surface area (Å²) in [5, 5.41) is 0. The second-order valence-corrected chi connectivity index (χ2v) is 3.93. The number of nitrogen functional groups attached to an aromatic ring is 2. The Balaban J connectivity index is 2.37. The third kappa shape index (κ3) is 1.05. The average Bonchev–Trinajstić information content (AvgIpc) is 2.64. The molecule has 4 N–H and O–H groups in total. The molecule has 0 aliphatic heterocycles. The molecule has 0 heterocycles. The van der Waals surface area contributed by atoms with E-state index in [1.807, 2.05) is 18.2 Å². The number of anilines is 2. The zero-order valence-electron chi connectivity index (χ0n) is 8.33. The molecule has 0 saturated heterocycles. The third-order valence-electron chi connectivity index (χ3n) is 3.04. The van der Waals surface area contributed by atoms with E-state index in [9.17, 15) is 0 Å². The Bertz CT molecular complexity index is 544. The second-order valence-electron chi connectivity index (χ2n) is 3.93. The molecule has 0 bridgehead atoms. The number of hydrogen-bond donors (Lipinski definition) is 2. The van der Waals surface area contributed by atoms with Crippen LogP contribution in [0.15, 0.2) is 36.4 Å². The Morgan fingerprint density at radius 2 is 1.60 bits per heavy atom. The molecular formula is C13H12N2. The quantitative estimate of drug-likeness (QED) is 0.542. The van der Waals surface area contributed by atoms with Gasteiger partial charge in [0.05, 0.1) is 0 Å². The molecule has 2 aromatic rings.